The Labute approximate surface area is 279 Å². The van der Waals surface area contributed by atoms with E-state index in [1.54, 1.807) is 0 Å². The molecular formula is C39H61Cl2NO2. The maximum absolute atomic E-state index is 12.0. The van der Waals surface area contributed by atoms with Gasteiger partial charge in [0.2, 0.25) is 0 Å². The molecule has 0 saturated heterocycles. The second-order valence-corrected chi connectivity index (χ2v) is 19.8. The molecule has 11 atom stereocenters. The average molecular weight is 647 g/mol. The minimum Gasteiger partial charge on any atom is -0.480 e. The van der Waals surface area contributed by atoms with Crippen molar-refractivity contribution in [2.45, 2.75) is 131 Å². The molecule has 0 bridgehead atoms. The van der Waals surface area contributed by atoms with Gasteiger partial charge in [0.05, 0.1) is 4.87 Å². The maximum atomic E-state index is 12.0. The van der Waals surface area contributed by atoms with Gasteiger partial charge in [0, 0.05) is 24.0 Å². The van der Waals surface area contributed by atoms with E-state index in [4.69, 9.17) is 23.2 Å². The third-order valence-corrected chi connectivity index (χ3v) is 17.3. The van der Waals surface area contributed by atoms with Crippen LogP contribution in [0.15, 0.2) is 22.9 Å². The Morgan fingerprint density at radius 1 is 0.932 bits per heavy atom. The first-order chi connectivity index (χ1) is 20.4. The van der Waals surface area contributed by atoms with Crippen LogP contribution < -0.4 is 0 Å². The number of carboxylic acids is 1. The molecule has 0 radical (unpaired) electrons. The first-order valence-corrected chi connectivity index (χ1v) is 18.9. The van der Waals surface area contributed by atoms with Crippen LogP contribution >= 0.6 is 23.2 Å². The van der Waals surface area contributed by atoms with E-state index in [-0.39, 0.29) is 16.8 Å². The van der Waals surface area contributed by atoms with Gasteiger partial charge in [-0.1, -0.05) is 53.2 Å². The van der Waals surface area contributed by atoms with Crippen molar-refractivity contribution in [2.24, 2.45) is 62.6 Å². The Bertz CT molecular complexity index is 1250. The normalized spacial score (nSPS) is 48.0. The largest absolute Gasteiger partial charge is 0.480 e. The topological polar surface area (TPSA) is 40.5 Å². The summed E-state index contributed by atoms with van der Waals surface area (Å²) in [6.07, 6.45) is 15.3. The highest BCUT2D eigenvalue weighted by Gasteiger charge is 2.71. The molecule has 0 aromatic carbocycles. The maximum Gasteiger partial charge on any atom is 0.323 e. The lowest BCUT2D eigenvalue weighted by Crippen LogP contribution is -2.66. The minimum atomic E-state index is -0.726. The van der Waals surface area contributed by atoms with E-state index < -0.39 is 5.97 Å². The van der Waals surface area contributed by atoms with Gasteiger partial charge in [0.15, 0.2) is 0 Å². The van der Waals surface area contributed by atoms with Crippen molar-refractivity contribution in [3.8, 4) is 0 Å². The summed E-state index contributed by atoms with van der Waals surface area (Å²) in [6, 6.07) is 0. The van der Waals surface area contributed by atoms with Crippen LogP contribution in [0.1, 0.15) is 127 Å². The molecule has 1 N–H and O–H groups in total. The predicted octanol–water partition coefficient (Wildman–Crippen LogP) is 10.6. The Hall–Kier alpha value is -0.670. The van der Waals surface area contributed by atoms with Crippen LogP contribution in [0.5, 0.6) is 0 Å². The van der Waals surface area contributed by atoms with Crippen molar-refractivity contribution >= 4 is 29.2 Å². The third kappa shape index (κ3) is 4.57. The molecule has 1 heterocycles. The summed E-state index contributed by atoms with van der Waals surface area (Å²) in [7, 11) is 0. The Kier molecular flexibility index (Phi) is 8.06. The van der Waals surface area contributed by atoms with Gasteiger partial charge in [-0.25, -0.2) is 0 Å². The number of hydrogen-bond donors (Lipinski definition) is 1. The van der Waals surface area contributed by atoms with Gasteiger partial charge < -0.3 is 10.0 Å². The summed E-state index contributed by atoms with van der Waals surface area (Å²) >= 11 is 13.8. The van der Waals surface area contributed by atoms with Crippen LogP contribution in [-0.4, -0.2) is 39.8 Å². The van der Waals surface area contributed by atoms with Gasteiger partial charge in [-0.15, -0.1) is 23.2 Å². The highest BCUT2D eigenvalue weighted by Crippen LogP contribution is 2.78. The number of aliphatic carboxylic acids is 1. The van der Waals surface area contributed by atoms with Crippen molar-refractivity contribution in [3.05, 3.63) is 22.9 Å². The number of carbonyl (C=O) groups is 1. The van der Waals surface area contributed by atoms with Crippen LogP contribution in [0.3, 0.4) is 0 Å². The molecule has 5 aliphatic carbocycles. The summed E-state index contributed by atoms with van der Waals surface area (Å²) in [5, 5.41) is 9.84. The summed E-state index contributed by atoms with van der Waals surface area (Å²) in [4.78, 5) is 13.9. The van der Waals surface area contributed by atoms with Gasteiger partial charge in [-0.2, -0.15) is 0 Å². The van der Waals surface area contributed by atoms with Crippen molar-refractivity contribution < 1.29 is 9.90 Å². The van der Waals surface area contributed by atoms with E-state index in [1.165, 1.54) is 74.6 Å². The number of alkyl halides is 2. The number of fused-ring (bicyclic) bond motifs is 7. The Morgan fingerprint density at radius 2 is 1.64 bits per heavy atom. The second kappa shape index (κ2) is 10.7. The fourth-order valence-electron chi connectivity index (χ4n) is 14.1. The molecule has 0 aromatic rings. The van der Waals surface area contributed by atoms with Crippen LogP contribution in [0, 0.1) is 62.6 Å². The van der Waals surface area contributed by atoms with Gasteiger partial charge in [-0.3, -0.25) is 4.79 Å². The van der Waals surface area contributed by atoms with Crippen molar-refractivity contribution in [1.82, 2.24) is 4.90 Å². The highest BCUT2D eigenvalue weighted by atomic mass is 35.5. The van der Waals surface area contributed by atoms with E-state index in [1.807, 2.05) is 0 Å². The second-order valence-electron chi connectivity index (χ2n) is 18.6. The standard InChI is InChI=1S/C39H61Cl2NO2/c1-24-20-25(2)33(42(21-24)22-31(43)44)28-13-16-36(6)29(34(28,3)4)14-17-38(8)30(36)11-10-26-32-27(39(9,41)23-40)12-15-35(32,5)18-19-37(26,38)7/h20,26-30,32H,10-19,21-23H2,1-9H3,(H,43,44)/t26-,27-,28?,29+,30-,32+,35-,36+,37-,38-,39?/m1/s1. The number of nitrogens with zero attached hydrogens (tertiary/aromatic N) is 1. The van der Waals surface area contributed by atoms with Gasteiger partial charge in [0.1, 0.15) is 6.54 Å². The fourth-order valence-corrected chi connectivity index (χ4v) is 14.6. The molecule has 0 amide bonds. The highest BCUT2D eigenvalue weighted by molar-refractivity contribution is 6.30. The molecule has 248 valence electrons. The molecule has 6 rings (SSSR count). The number of carboxylic acid groups (broad SMARTS) is 1. The van der Waals surface area contributed by atoms with E-state index >= 15 is 0 Å². The monoisotopic (exact) mass is 645 g/mol. The smallest absolute Gasteiger partial charge is 0.323 e. The number of halogens is 2. The lowest BCUT2D eigenvalue weighted by atomic mass is 9.32. The minimum absolute atomic E-state index is 0.0962. The van der Waals surface area contributed by atoms with Gasteiger partial charge in [-0.05, 0) is 147 Å². The zero-order valence-electron chi connectivity index (χ0n) is 29.3. The van der Waals surface area contributed by atoms with Crippen LogP contribution in [0.4, 0.5) is 0 Å². The summed E-state index contributed by atoms with van der Waals surface area (Å²) in [5.41, 5.74) is 5.35. The van der Waals surface area contributed by atoms with E-state index in [2.05, 4.69) is 73.3 Å². The summed E-state index contributed by atoms with van der Waals surface area (Å²) in [5.74, 6) is 3.50. The average Bonchev–Trinajstić information content (AvgIpc) is 3.28. The fraction of sp³-hybridized carbons (Fsp3) is 0.872. The molecule has 0 aromatic heterocycles. The first kappa shape index (κ1) is 33.2. The molecule has 44 heavy (non-hydrogen) atoms. The van der Waals surface area contributed by atoms with Crippen LogP contribution in [0.2, 0.25) is 0 Å². The quantitative estimate of drug-likeness (QED) is 0.302. The summed E-state index contributed by atoms with van der Waals surface area (Å²) in [6.45, 7) is 23.3. The Morgan fingerprint density at radius 3 is 2.30 bits per heavy atom. The van der Waals surface area contributed by atoms with E-state index in [9.17, 15) is 9.90 Å². The van der Waals surface area contributed by atoms with Gasteiger partial charge in [0.25, 0.3) is 0 Å². The van der Waals surface area contributed by atoms with E-state index in [0.29, 0.717) is 51.2 Å². The van der Waals surface area contributed by atoms with Crippen LogP contribution in [0.25, 0.3) is 0 Å². The molecule has 5 saturated carbocycles. The summed E-state index contributed by atoms with van der Waals surface area (Å²) < 4.78 is 0. The lowest BCUT2D eigenvalue weighted by molar-refractivity contribution is -0.241. The molecule has 1 aliphatic heterocycles. The molecule has 5 heteroatoms. The molecule has 0 spiro atoms. The van der Waals surface area contributed by atoms with Crippen LogP contribution in [-0.2, 0) is 4.79 Å². The zero-order chi connectivity index (χ0) is 32.3. The molecular weight excluding hydrogens is 585 g/mol. The van der Waals surface area contributed by atoms with Crippen molar-refractivity contribution in [3.63, 3.8) is 0 Å². The molecule has 2 unspecified atom stereocenters. The van der Waals surface area contributed by atoms with Gasteiger partial charge >= 0.3 is 5.97 Å². The number of hydrogen-bond acceptors (Lipinski definition) is 2. The molecule has 3 nitrogen and oxygen atoms in total. The lowest BCUT2D eigenvalue weighted by Gasteiger charge is -2.73. The van der Waals surface area contributed by atoms with E-state index in [0.717, 1.165) is 24.8 Å². The first-order valence-electron chi connectivity index (χ1n) is 18.0. The third-order valence-electron chi connectivity index (χ3n) is 16.2. The number of allylic oxidation sites excluding steroid dienone is 3. The molecule has 5 fully saturated rings. The van der Waals surface area contributed by atoms with Crippen molar-refractivity contribution in [2.75, 3.05) is 19.0 Å². The van der Waals surface area contributed by atoms with Crippen molar-refractivity contribution in [1.29, 1.82) is 0 Å². The predicted molar refractivity (Wildman–Crippen MR) is 184 cm³/mol. The SMILES string of the molecule is CC1=CC(C)=C(C2CC[C@]3(C)[C@H]4CC[C@@H]5[C@H]6[C@H](C(C)(Cl)CCl)CC[C@]6(C)CC[C@@]5(C)[C@]4(C)CC[C@H]3C2(C)C)N(CC(=O)O)C1. The number of rotatable bonds is 5. The molecule has 6 aliphatic rings. The zero-order valence-corrected chi connectivity index (χ0v) is 30.8. The Balaban J connectivity index is 1.33.